The van der Waals surface area contributed by atoms with Crippen molar-refractivity contribution in [3.8, 4) is 34.1 Å². The minimum Gasteiger partial charge on any atom is -0.471 e. The number of hydrogen-bond acceptors (Lipinski definition) is 4. The second-order valence-corrected chi connectivity index (χ2v) is 7.05. The van der Waals surface area contributed by atoms with Gasteiger partial charge >= 0.3 is 0 Å². The van der Waals surface area contributed by atoms with Gasteiger partial charge in [-0.15, -0.1) is 10.2 Å². The SMILES string of the molecule is c1ccc(COc2nnc(-c3ccccc3)cc2-c2ccnn2-c2ccccc2)cc1. The van der Waals surface area contributed by atoms with Crippen LogP contribution >= 0.6 is 0 Å². The Kier molecular flexibility index (Phi) is 5.22. The zero-order valence-corrected chi connectivity index (χ0v) is 16.8. The second-order valence-electron chi connectivity index (χ2n) is 7.05. The van der Waals surface area contributed by atoms with E-state index < -0.39 is 0 Å². The Balaban J connectivity index is 1.59. The van der Waals surface area contributed by atoms with Crippen molar-refractivity contribution in [2.24, 2.45) is 0 Å². The first-order valence-corrected chi connectivity index (χ1v) is 10.1. The standard InChI is InChI=1S/C26H20N4O/c1-4-10-20(11-5-1)19-31-26-23(18-24(28-29-26)21-12-6-2-7-13-21)25-16-17-27-30(25)22-14-8-3-9-15-22/h1-18H,19H2. The Morgan fingerprint density at radius 2 is 1.39 bits per heavy atom. The summed E-state index contributed by atoms with van der Waals surface area (Å²) >= 11 is 0. The maximum Gasteiger partial charge on any atom is 0.243 e. The van der Waals surface area contributed by atoms with Crippen molar-refractivity contribution in [2.75, 3.05) is 0 Å². The van der Waals surface area contributed by atoms with Gasteiger partial charge < -0.3 is 4.74 Å². The molecule has 0 saturated carbocycles. The summed E-state index contributed by atoms with van der Waals surface area (Å²) in [6.07, 6.45) is 1.78. The van der Waals surface area contributed by atoms with Crippen molar-refractivity contribution in [3.63, 3.8) is 0 Å². The lowest BCUT2D eigenvalue weighted by Crippen LogP contribution is -2.04. The molecule has 0 saturated heterocycles. The van der Waals surface area contributed by atoms with Crippen molar-refractivity contribution in [3.05, 3.63) is 115 Å². The molecule has 150 valence electrons. The molecule has 31 heavy (non-hydrogen) atoms. The molecule has 0 N–H and O–H groups in total. The summed E-state index contributed by atoms with van der Waals surface area (Å²) in [6.45, 7) is 0.409. The molecule has 2 heterocycles. The van der Waals surface area contributed by atoms with Crippen LogP contribution in [0.1, 0.15) is 5.56 Å². The van der Waals surface area contributed by atoms with Crippen LogP contribution < -0.4 is 4.74 Å². The Bertz CT molecular complexity index is 1270. The van der Waals surface area contributed by atoms with Gasteiger partial charge in [0.05, 0.1) is 28.8 Å². The summed E-state index contributed by atoms with van der Waals surface area (Å²) in [5.74, 6) is 0.473. The molecular formula is C26H20N4O. The van der Waals surface area contributed by atoms with Crippen LogP contribution in [0.4, 0.5) is 0 Å². The third-order valence-electron chi connectivity index (χ3n) is 4.97. The number of rotatable bonds is 6. The van der Waals surface area contributed by atoms with E-state index in [2.05, 4.69) is 15.3 Å². The van der Waals surface area contributed by atoms with E-state index in [9.17, 15) is 0 Å². The minimum absolute atomic E-state index is 0.409. The molecule has 0 radical (unpaired) electrons. The monoisotopic (exact) mass is 404 g/mol. The summed E-state index contributed by atoms with van der Waals surface area (Å²) < 4.78 is 8.00. The Morgan fingerprint density at radius 3 is 2.13 bits per heavy atom. The topological polar surface area (TPSA) is 52.8 Å². The van der Waals surface area contributed by atoms with Crippen LogP contribution in [0.5, 0.6) is 5.88 Å². The van der Waals surface area contributed by atoms with Crippen molar-refractivity contribution in [1.29, 1.82) is 0 Å². The lowest BCUT2D eigenvalue weighted by atomic mass is 10.1. The van der Waals surface area contributed by atoms with E-state index >= 15 is 0 Å². The molecule has 5 heteroatoms. The predicted molar refractivity (Wildman–Crippen MR) is 121 cm³/mol. The third kappa shape index (κ3) is 4.07. The zero-order chi connectivity index (χ0) is 20.9. The highest BCUT2D eigenvalue weighted by atomic mass is 16.5. The van der Waals surface area contributed by atoms with E-state index in [0.717, 1.165) is 33.8 Å². The fourth-order valence-electron chi connectivity index (χ4n) is 3.43. The number of ether oxygens (including phenoxy) is 1. The number of benzene rings is 3. The molecule has 0 spiro atoms. The van der Waals surface area contributed by atoms with Gasteiger partial charge in [0.15, 0.2) is 0 Å². The van der Waals surface area contributed by atoms with Gasteiger partial charge in [-0.05, 0) is 29.8 Å². The fourth-order valence-corrected chi connectivity index (χ4v) is 3.43. The quantitative estimate of drug-likeness (QED) is 0.371. The lowest BCUT2D eigenvalue weighted by molar-refractivity contribution is 0.291. The van der Waals surface area contributed by atoms with Crippen LogP contribution in [0.25, 0.3) is 28.2 Å². The number of aromatic nitrogens is 4. The van der Waals surface area contributed by atoms with E-state index in [1.54, 1.807) is 6.20 Å². The molecule has 0 amide bonds. The summed E-state index contributed by atoms with van der Waals surface area (Å²) in [5.41, 5.74) is 5.54. The Labute approximate surface area is 180 Å². The second kappa shape index (κ2) is 8.63. The van der Waals surface area contributed by atoms with Crippen LogP contribution in [0.3, 0.4) is 0 Å². The average molecular weight is 404 g/mol. The lowest BCUT2D eigenvalue weighted by Gasteiger charge is -2.13. The molecule has 3 aromatic carbocycles. The maximum atomic E-state index is 6.11. The minimum atomic E-state index is 0.409. The molecule has 0 aliphatic rings. The van der Waals surface area contributed by atoms with Crippen molar-refractivity contribution < 1.29 is 4.74 Å². The maximum absolute atomic E-state index is 6.11. The molecule has 0 fully saturated rings. The van der Waals surface area contributed by atoms with Gasteiger partial charge in [-0.2, -0.15) is 5.10 Å². The molecule has 5 aromatic rings. The van der Waals surface area contributed by atoms with Gasteiger partial charge in [0.25, 0.3) is 0 Å². The molecule has 5 nitrogen and oxygen atoms in total. The van der Waals surface area contributed by atoms with Crippen LogP contribution in [-0.4, -0.2) is 20.0 Å². The first-order chi connectivity index (χ1) is 15.4. The summed E-state index contributed by atoms with van der Waals surface area (Å²) in [5, 5.41) is 13.4. The molecule has 0 unspecified atom stereocenters. The molecular weight excluding hydrogens is 384 g/mol. The fraction of sp³-hybridized carbons (Fsp3) is 0.0385. The highest BCUT2D eigenvalue weighted by Gasteiger charge is 2.17. The first-order valence-electron chi connectivity index (χ1n) is 10.1. The highest BCUT2D eigenvalue weighted by Crippen LogP contribution is 2.32. The number of hydrogen-bond donors (Lipinski definition) is 0. The van der Waals surface area contributed by atoms with Crippen LogP contribution in [-0.2, 0) is 6.61 Å². The van der Waals surface area contributed by atoms with Gasteiger partial charge in [-0.1, -0.05) is 78.9 Å². The summed E-state index contributed by atoms with van der Waals surface area (Å²) in [7, 11) is 0. The van der Waals surface area contributed by atoms with Crippen LogP contribution in [0.15, 0.2) is 109 Å². The third-order valence-corrected chi connectivity index (χ3v) is 4.97. The average Bonchev–Trinajstić information content (AvgIpc) is 3.34. The molecule has 0 atom stereocenters. The molecule has 0 aliphatic carbocycles. The molecule has 5 rings (SSSR count). The number of para-hydroxylation sites is 1. The van der Waals surface area contributed by atoms with E-state index in [0.29, 0.717) is 12.5 Å². The number of nitrogens with zero attached hydrogens (tertiary/aromatic N) is 4. The molecule has 2 aromatic heterocycles. The molecule has 0 aliphatic heterocycles. The zero-order valence-electron chi connectivity index (χ0n) is 16.8. The summed E-state index contributed by atoms with van der Waals surface area (Å²) in [6, 6.07) is 34.0. The van der Waals surface area contributed by atoms with Gasteiger partial charge in [0, 0.05) is 5.56 Å². The van der Waals surface area contributed by atoms with E-state index in [4.69, 9.17) is 4.74 Å². The van der Waals surface area contributed by atoms with Gasteiger partial charge in [-0.25, -0.2) is 4.68 Å². The van der Waals surface area contributed by atoms with Gasteiger partial charge in [0.1, 0.15) is 6.61 Å². The van der Waals surface area contributed by atoms with E-state index in [-0.39, 0.29) is 0 Å². The summed E-state index contributed by atoms with van der Waals surface area (Å²) in [4.78, 5) is 0. The molecule has 0 bridgehead atoms. The largest absolute Gasteiger partial charge is 0.471 e. The van der Waals surface area contributed by atoms with Crippen molar-refractivity contribution in [1.82, 2.24) is 20.0 Å². The van der Waals surface area contributed by atoms with Gasteiger partial charge in [-0.3, -0.25) is 0 Å². The van der Waals surface area contributed by atoms with Gasteiger partial charge in [0.2, 0.25) is 5.88 Å². The van der Waals surface area contributed by atoms with Crippen LogP contribution in [0.2, 0.25) is 0 Å². The van der Waals surface area contributed by atoms with Crippen molar-refractivity contribution >= 4 is 0 Å². The highest BCUT2D eigenvalue weighted by molar-refractivity contribution is 5.72. The van der Waals surface area contributed by atoms with Crippen molar-refractivity contribution in [2.45, 2.75) is 6.61 Å². The predicted octanol–water partition coefficient (Wildman–Crippen LogP) is 5.58. The first kappa shape index (κ1) is 18.8. The van der Waals surface area contributed by atoms with E-state index in [1.807, 2.05) is 108 Å². The Hall–Kier alpha value is -4.25. The Morgan fingerprint density at radius 1 is 0.710 bits per heavy atom. The normalized spacial score (nSPS) is 10.7. The van der Waals surface area contributed by atoms with E-state index in [1.165, 1.54) is 0 Å². The van der Waals surface area contributed by atoms with Crippen LogP contribution in [0, 0.1) is 0 Å². The smallest absolute Gasteiger partial charge is 0.243 e.